The number of imide groups is 1. The van der Waals surface area contributed by atoms with Crippen LogP contribution >= 0.6 is 0 Å². The maximum atomic E-state index is 12.2. The highest BCUT2D eigenvalue weighted by Crippen LogP contribution is 2.40. The van der Waals surface area contributed by atoms with Crippen LogP contribution in [0.25, 0.3) is 0 Å². The number of nitrogens with one attached hydrogen (secondary N) is 1. The van der Waals surface area contributed by atoms with Crippen molar-refractivity contribution in [2.45, 2.75) is 19.3 Å². The standard InChI is InChI=1S/C14H13N3O5/c18-11-5-6-14(13(20)15-11)7-12(19)16(8-14)9-1-3-10(4-2-9)17(21)22/h1-4H,5-8H2,(H,15,18,20). The first kappa shape index (κ1) is 14.2. The van der Waals surface area contributed by atoms with Gasteiger partial charge < -0.3 is 4.90 Å². The molecule has 1 spiro atoms. The van der Waals surface area contributed by atoms with E-state index in [1.165, 1.54) is 29.2 Å². The summed E-state index contributed by atoms with van der Waals surface area (Å²) in [5, 5.41) is 12.9. The normalized spacial score (nSPS) is 24.7. The van der Waals surface area contributed by atoms with E-state index in [1.807, 2.05) is 0 Å². The van der Waals surface area contributed by atoms with Gasteiger partial charge in [0.1, 0.15) is 0 Å². The minimum absolute atomic E-state index is 0.0447. The maximum absolute atomic E-state index is 12.2. The monoisotopic (exact) mass is 303 g/mol. The van der Waals surface area contributed by atoms with Crippen LogP contribution in [0.2, 0.25) is 0 Å². The predicted octanol–water partition coefficient (Wildman–Crippen LogP) is 0.754. The maximum Gasteiger partial charge on any atom is 0.269 e. The molecule has 8 heteroatoms. The summed E-state index contributed by atoms with van der Waals surface area (Å²) in [5.74, 6) is -0.961. The van der Waals surface area contributed by atoms with E-state index in [1.54, 1.807) is 0 Å². The number of amides is 3. The van der Waals surface area contributed by atoms with Gasteiger partial charge >= 0.3 is 0 Å². The molecule has 114 valence electrons. The number of nitrogens with zero attached hydrogens (tertiary/aromatic N) is 2. The van der Waals surface area contributed by atoms with Crippen LogP contribution in [0.1, 0.15) is 19.3 Å². The molecule has 2 aliphatic rings. The van der Waals surface area contributed by atoms with Gasteiger partial charge in [-0.3, -0.25) is 29.8 Å². The van der Waals surface area contributed by atoms with Gasteiger partial charge in [0, 0.05) is 37.2 Å². The average molecular weight is 303 g/mol. The Labute approximate surface area is 125 Å². The van der Waals surface area contributed by atoms with Gasteiger partial charge in [-0.15, -0.1) is 0 Å². The zero-order valence-corrected chi connectivity index (χ0v) is 11.6. The molecule has 0 bridgehead atoms. The molecule has 8 nitrogen and oxygen atoms in total. The number of hydrogen-bond acceptors (Lipinski definition) is 5. The van der Waals surface area contributed by atoms with Crippen molar-refractivity contribution in [2.75, 3.05) is 11.4 Å². The smallest absolute Gasteiger partial charge is 0.269 e. The van der Waals surface area contributed by atoms with Gasteiger partial charge in [-0.2, -0.15) is 0 Å². The molecule has 22 heavy (non-hydrogen) atoms. The lowest BCUT2D eigenvalue weighted by Crippen LogP contribution is -2.50. The summed E-state index contributed by atoms with van der Waals surface area (Å²) >= 11 is 0. The Kier molecular flexibility index (Phi) is 3.16. The Morgan fingerprint density at radius 3 is 2.45 bits per heavy atom. The van der Waals surface area contributed by atoms with Crippen molar-refractivity contribution >= 4 is 29.1 Å². The summed E-state index contributed by atoms with van der Waals surface area (Å²) in [5.41, 5.74) is -0.435. The largest absolute Gasteiger partial charge is 0.311 e. The van der Waals surface area contributed by atoms with E-state index in [0.717, 1.165) is 0 Å². The number of carbonyl (C=O) groups is 3. The zero-order valence-electron chi connectivity index (χ0n) is 11.6. The molecule has 2 aliphatic heterocycles. The minimum atomic E-state index is -0.882. The minimum Gasteiger partial charge on any atom is -0.311 e. The molecule has 0 aliphatic carbocycles. The molecule has 0 saturated carbocycles. The van der Waals surface area contributed by atoms with Crippen LogP contribution in [0.3, 0.4) is 0 Å². The summed E-state index contributed by atoms with van der Waals surface area (Å²) < 4.78 is 0. The second-order valence-corrected chi connectivity index (χ2v) is 5.59. The van der Waals surface area contributed by atoms with E-state index in [9.17, 15) is 24.5 Å². The highest BCUT2D eigenvalue weighted by molar-refractivity contribution is 6.07. The Bertz CT molecular complexity index is 684. The van der Waals surface area contributed by atoms with Crippen molar-refractivity contribution < 1.29 is 19.3 Å². The molecule has 2 heterocycles. The molecule has 1 aromatic rings. The van der Waals surface area contributed by atoms with E-state index in [-0.39, 0.29) is 36.9 Å². The fourth-order valence-electron chi connectivity index (χ4n) is 2.93. The highest BCUT2D eigenvalue weighted by Gasteiger charge is 2.51. The van der Waals surface area contributed by atoms with Gasteiger partial charge in [0.15, 0.2) is 0 Å². The van der Waals surface area contributed by atoms with E-state index in [0.29, 0.717) is 12.1 Å². The van der Waals surface area contributed by atoms with Crippen LogP contribution in [0.5, 0.6) is 0 Å². The topological polar surface area (TPSA) is 110 Å². The summed E-state index contributed by atoms with van der Waals surface area (Å²) in [6, 6.07) is 5.61. The third-order valence-corrected chi connectivity index (χ3v) is 4.19. The second kappa shape index (κ2) is 4.90. The van der Waals surface area contributed by atoms with Crippen molar-refractivity contribution in [2.24, 2.45) is 5.41 Å². The number of hydrogen-bond donors (Lipinski definition) is 1. The van der Waals surface area contributed by atoms with E-state index < -0.39 is 16.2 Å². The van der Waals surface area contributed by atoms with E-state index in [2.05, 4.69) is 5.32 Å². The number of nitro groups is 1. The molecule has 0 aromatic heterocycles. The molecule has 1 aromatic carbocycles. The molecule has 3 rings (SSSR count). The molecular formula is C14H13N3O5. The molecule has 2 fully saturated rings. The number of anilines is 1. The fraction of sp³-hybridized carbons (Fsp3) is 0.357. The summed E-state index contributed by atoms with van der Waals surface area (Å²) in [7, 11) is 0. The van der Waals surface area contributed by atoms with Gasteiger partial charge in [0.05, 0.1) is 10.3 Å². The first-order chi connectivity index (χ1) is 10.4. The van der Waals surface area contributed by atoms with Crippen molar-refractivity contribution in [3.05, 3.63) is 34.4 Å². The number of non-ortho nitro benzene ring substituents is 1. The number of benzene rings is 1. The molecule has 1 unspecified atom stereocenters. The van der Waals surface area contributed by atoms with Crippen LogP contribution in [-0.4, -0.2) is 29.2 Å². The van der Waals surface area contributed by atoms with Crippen molar-refractivity contribution in [1.82, 2.24) is 5.32 Å². The Morgan fingerprint density at radius 2 is 1.86 bits per heavy atom. The van der Waals surface area contributed by atoms with Gasteiger partial charge in [-0.1, -0.05) is 0 Å². The third-order valence-electron chi connectivity index (χ3n) is 4.19. The Morgan fingerprint density at radius 1 is 1.18 bits per heavy atom. The average Bonchev–Trinajstić information content (AvgIpc) is 2.82. The summed E-state index contributed by atoms with van der Waals surface area (Å²) in [4.78, 5) is 47.2. The number of carbonyl (C=O) groups excluding carboxylic acids is 3. The first-order valence-electron chi connectivity index (χ1n) is 6.80. The Hall–Kier alpha value is -2.77. The van der Waals surface area contributed by atoms with Crippen molar-refractivity contribution in [3.63, 3.8) is 0 Å². The molecular weight excluding hydrogens is 290 g/mol. The number of piperidine rings is 1. The van der Waals surface area contributed by atoms with Gasteiger partial charge in [-0.25, -0.2) is 0 Å². The van der Waals surface area contributed by atoms with Crippen LogP contribution in [0.15, 0.2) is 24.3 Å². The lowest BCUT2D eigenvalue weighted by molar-refractivity contribution is -0.384. The van der Waals surface area contributed by atoms with Crippen LogP contribution < -0.4 is 10.2 Å². The Balaban J connectivity index is 1.84. The van der Waals surface area contributed by atoms with Crippen LogP contribution in [-0.2, 0) is 14.4 Å². The number of rotatable bonds is 2. The van der Waals surface area contributed by atoms with Crippen LogP contribution in [0.4, 0.5) is 11.4 Å². The van der Waals surface area contributed by atoms with Gasteiger partial charge in [0.25, 0.3) is 5.69 Å². The predicted molar refractivity (Wildman–Crippen MR) is 74.9 cm³/mol. The SMILES string of the molecule is O=C1CCC2(CC(=O)N(c3ccc([N+](=O)[O-])cc3)C2)C(=O)N1. The summed E-state index contributed by atoms with van der Waals surface area (Å²) in [6.07, 6.45) is 0.600. The molecule has 3 amide bonds. The lowest BCUT2D eigenvalue weighted by Gasteiger charge is -2.30. The van der Waals surface area contributed by atoms with Crippen molar-refractivity contribution in [1.29, 1.82) is 0 Å². The number of nitro benzene ring substituents is 1. The molecule has 1 N–H and O–H groups in total. The first-order valence-corrected chi connectivity index (χ1v) is 6.80. The molecule has 1 atom stereocenters. The van der Waals surface area contributed by atoms with Gasteiger partial charge in [-0.05, 0) is 18.6 Å². The zero-order chi connectivity index (χ0) is 15.9. The highest BCUT2D eigenvalue weighted by atomic mass is 16.6. The fourth-order valence-corrected chi connectivity index (χ4v) is 2.93. The lowest BCUT2D eigenvalue weighted by atomic mass is 9.79. The van der Waals surface area contributed by atoms with Crippen LogP contribution in [0, 0.1) is 15.5 Å². The molecule has 0 radical (unpaired) electrons. The quantitative estimate of drug-likeness (QED) is 0.492. The third kappa shape index (κ3) is 2.22. The van der Waals surface area contributed by atoms with Gasteiger partial charge in [0.2, 0.25) is 17.7 Å². The molecule has 2 saturated heterocycles. The van der Waals surface area contributed by atoms with Crippen molar-refractivity contribution in [3.8, 4) is 0 Å². The summed E-state index contributed by atoms with van der Waals surface area (Å²) in [6.45, 7) is 0.183. The van der Waals surface area contributed by atoms with E-state index >= 15 is 0 Å². The van der Waals surface area contributed by atoms with E-state index in [4.69, 9.17) is 0 Å². The second-order valence-electron chi connectivity index (χ2n) is 5.59.